The van der Waals surface area contributed by atoms with Crippen LogP contribution in [-0.4, -0.2) is 36.2 Å². The van der Waals surface area contributed by atoms with Crippen LogP contribution in [0.3, 0.4) is 0 Å². The van der Waals surface area contributed by atoms with E-state index in [-0.39, 0.29) is 6.10 Å². The Morgan fingerprint density at radius 3 is 2.29 bits per heavy atom. The van der Waals surface area contributed by atoms with Crippen molar-refractivity contribution >= 4 is 0 Å². The fourth-order valence-electron chi connectivity index (χ4n) is 2.51. The lowest BCUT2D eigenvalue weighted by molar-refractivity contribution is 0.0712. The summed E-state index contributed by atoms with van der Waals surface area (Å²) in [6.45, 7) is 6.38. The van der Waals surface area contributed by atoms with Crippen molar-refractivity contribution in [3.8, 4) is 0 Å². The predicted octanol–water partition coefficient (Wildman–Crippen LogP) is 2.13. The Balaban J connectivity index is 2.21. The van der Waals surface area contributed by atoms with Crippen LogP contribution < -0.4 is 0 Å². The van der Waals surface area contributed by atoms with Crippen LogP contribution in [0.2, 0.25) is 0 Å². The molecule has 1 rings (SSSR count). The van der Waals surface area contributed by atoms with Crippen molar-refractivity contribution in [1.29, 1.82) is 0 Å². The highest BCUT2D eigenvalue weighted by Gasteiger charge is 2.23. The van der Waals surface area contributed by atoms with Crippen molar-refractivity contribution < 1.29 is 5.11 Å². The van der Waals surface area contributed by atoms with E-state index in [1.54, 1.807) is 0 Å². The standard InChI is InChI=1S/C12H25NO/c1-10(2)8-13(3)9-12(14)11-6-4-5-7-11/h10-12,14H,4-9H2,1-3H3. The third kappa shape index (κ3) is 3.97. The number of hydrogen-bond acceptors (Lipinski definition) is 2. The van der Waals surface area contributed by atoms with Crippen LogP contribution in [-0.2, 0) is 0 Å². The summed E-state index contributed by atoms with van der Waals surface area (Å²) in [6.07, 6.45) is 5.00. The number of nitrogens with zero attached hydrogens (tertiary/aromatic N) is 1. The van der Waals surface area contributed by atoms with Gasteiger partial charge in [0.2, 0.25) is 0 Å². The van der Waals surface area contributed by atoms with Crippen molar-refractivity contribution in [3.63, 3.8) is 0 Å². The third-order valence-corrected chi connectivity index (χ3v) is 3.12. The molecule has 84 valence electrons. The van der Waals surface area contributed by atoms with Crippen molar-refractivity contribution in [1.82, 2.24) is 4.90 Å². The predicted molar refractivity (Wildman–Crippen MR) is 60.3 cm³/mol. The van der Waals surface area contributed by atoms with Crippen LogP contribution >= 0.6 is 0 Å². The van der Waals surface area contributed by atoms with Gasteiger partial charge in [0.05, 0.1) is 6.10 Å². The van der Waals surface area contributed by atoms with Gasteiger partial charge in [-0.25, -0.2) is 0 Å². The lowest BCUT2D eigenvalue weighted by atomic mass is 10.0. The smallest absolute Gasteiger partial charge is 0.0695 e. The molecule has 1 atom stereocenters. The second-order valence-electron chi connectivity index (χ2n) is 5.23. The molecule has 1 aliphatic carbocycles. The Kier molecular flexibility index (Phi) is 4.90. The summed E-state index contributed by atoms with van der Waals surface area (Å²) in [5.41, 5.74) is 0. The highest BCUT2D eigenvalue weighted by molar-refractivity contribution is 4.76. The van der Waals surface area contributed by atoms with Gasteiger partial charge in [0.25, 0.3) is 0 Å². The highest BCUT2D eigenvalue weighted by Crippen LogP contribution is 2.27. The van der Waals surface area contributed by atoms with Gasteiger partial charge >= 0.3 is 0 Å². The van der Waals surface area contributed by atoms with Gasteiger partial charge in [-0.05, 0) is 31.7 Å². The van der Waals surface area contributed by atoms with Gasteiger partial charge < -0.3 is 10.0 Å². The maximum atomic E-state index is 9.99. The monoisotopic (exact) mass is 199 g/mol. The highest BCUT2D eigenvalue weighted by atomic mass is 16.3. The van der Waals surface area contributed by atoms with E-state index >= 15 is 0 Å². The Hall–Kier alpha value is -0.0800. The maximum absolute atomic E-state index is 9.99. The quantitative estimate of drug-likeness (QED) is 0.733. The van der Waals surface area contributed by atoms with E-state index in [1.165, 1.54) is 25.7 Å². The molecule has 0 aromatic rings. The molecule has 1 fully saturated rings. The topological polar surface area (TPSA) is 23.5 Å². The van der Waals surface area contributed by atoms with Crippen LogP contribution in [0, 0.1) is 11.8 Å². The van der Waals surface area contributed by atoms with Crippen LogP contribution in [0.4, 0.5) is 0 Å². The van der Waals surface area contributed by atoms with Gasteiger partial charge in [0.1, 0.15) is 0 Å². The molecule has 1 N–H and O–H groups in total. The van der Waals surface area contributed by atoms with Crippen LogP contribution in [0.25, 0.3) is 0 Å². The zero-order chi connectivity index (χ0) is 10.6. The SMILES string of the molecule is CC(C)CN(C)CC(O)C1CCCC1. The lowest BCUT2D eigenvalue weighted by Gasteiger charge is -2.25. The van der Waals surface area contributed by atoms with Crippen molar-refractivity contribution in [3.05, 3.63) is 0 Å². The summed E-state index contributed by atoms with van der Waals surface area (Å²) >= 11 is 0. The molecular formula is C12H25NO. The summed E-state index contributed by atoms with van der Waals surface area (Å²) in [5, 5.41) is 9.99. The van der Waals surface area contributed by atoms with Crippen LogP contribution in [0.5, 0.6) is 0 Å². The molecule has 2 heteroatoms. The molecule has 0 heterocycles. The van der Waals surface area contributed by atoms with Crippen LogP contribution in [0.15, 0.2) is 0 Å². The summed E-state index contributed by atoms with van der Waals surface area (Å²) < 4.78 is 0. The summed E-state index contributed by atoms with van der Waals surface area (Å²) in [4.78, 5) is 2.26. The molecule has 0 bridgehead atoms. The molecule has 0 aromatic heterocycles. The Bertz CT molecular complexity index is 152. The van der Waals surface area contributed by atoms with E-state index in [0.29, 0.717) is 11.8 Å². The summed E-state index contributed by atoms with van der Waals surface area (Å²) in [6, 6.07) is 0. The van der Waals surface area contributed by atoms with E-state index in [0.717, 1.165) is 13.1 Å². The first-order valence-electron chi connectivity index (χ1n) is 5.96. The Labute approximate surface area is 88.3 Å². The number of aliphatic hydroxyl groups is 1. The maximum Gasteiger partial charge on any atom is 0.0695 e. The molecule has 0 spiro atoms. The van der Waals surface area contributed by atoms with Gasteiger partial charge in [-0.3, -0.25) is 0 Å². The number of hydrogen-bond donors (Lipinski definition) is 1. The molecule has 14 heavy (non-hydrogen) atoms. The fourth-order valence-corrected chi connectivity index (χ4v) is 2.51. The van der Waals surface area contributed by atoms with Crippen LogP contribution in [0.1, 0.15) is 39.5 Å². The average Bonchev–Trinajstić information content (AvgIpc) is 2.53. The normalized spacial score (nSPS) is 21.0. The summed E-state index contributed by atoms with van der Waals surface area (Å²) in [7, 11) is 2.11. The minimum atomic E-state index is -0.0961. The minimum Gasteiger partial charge on any atom is -0.392 e. The molecular weight excluding hydrogens is 174 g/mol. The molecule has 0 aliphatic heterocycles. The average molecular weight is 199 g/mol. The van der Waals surface area contributed by atoms with E-state index in [1.807, 2.05) is 0 Å². The molecule has 1 aliphatic rings. The number of likely N-dealkylation sites (N-methyl/N-ethyl adjacent to an activating group) is 1. The molecule has 0 aromatic carbocycles. The number of rotatable bonds is 5. The van der Waals surface area contributed by atoms with Crippen molar-refractivity contribution in [2.75, 3.05) is 20.1 Å². The molecule has 0 radical (unpaired) electrons. The van der Waals surface area contributed by atoms with E-state index in [9.17, 15) is 5.11 Å². The van der Waals surface area contributed by atoms with Gasteiger partial charge in [-0.15, -0.1) is 0 Å². The molecule has 1 unspecified atom stereocenters. The molecule has 2 nitrogen and oxygen atoms in total. The van der Waals surface area contributed by atoms with E-state index < -0.39 is 0 Å². The fraction of sp³-hybridized carbons (Fsp3) is 1.00. The summed E-state index contributed by atoms with van der Waals surface area (Å²) in [5.74, 6) is 1.26. The largest absolute Gasteiger partial charge is 0.392 e. The minimum absolute atomic E-state index is 0.0961. The second-order valence-corrected chi connectivity index (χ2v) is 5.23. The zero-order valence-electron chi connectivity index (χ0n) is 9.87. The second kappa shape index (κ2) is 5.72. The first-order chi connectivity index (χ1) is 6.59. The van der Waals surface area contributed by atoms with Gasteiger partial charge in [0.15, 0.2) is 0 Å². The van der Waals surface area contributed by atoms with Crippen molar-refractivity contribution in [2.24, 2.45) is 11.8 Å². The van der Waals surface area contributed by atoms with E-state index in [4.69, 9.17) is 0 Å². The molecule has 0 amide bonds. The number of aliphatic hydroxyl groups excluding tert-OH is 1. The zero-order valence-corrected chi connectivity index (χ0v) is 9.87. The third-order valence-electron chi connectivity index (χ3n) is 3.12. The first-order valence-corrected chi connectivity index (χ1v) is 5.96. The molecule has 1 saturated carbocycles. The molecule has 0 saturated heterocycles. The van der Waals surface area contributed by atoms with Gasteiger partial charge in [0, 0.05) is 13.1 Å². The van der Waals surface area contributed by atoms with Gasteiger partial charge in [-0.1, -0.05) is 26.7 Å². The lowest BCUT2D eigenvalue weighted by Crippen LogP contribution is -2.35. The Morgan fingerprint density at radius 2 is 1.79 bits per heavy atom. The Morgan fingerprint density at radius 1 is 1.21 bits per heavy atom. The van der Waals surface area contributed by atoms with Crippen molar-refractivity contribution in [2.45, 2.75) is 45.6 Å². The van der Waals surface area contributed by atoms with E-state index in [2.05, 4.69) is 25.8 Å². The first kappa shape index (κ1) is 12.0. The van der Waals surface area contributed by atoms with Gasteiger partial charge in [-0.2, -0.15) is 0 Å².